The molecule has 8 nitrogen and oxygen atoms in total. The molecule has 3 heterocycles. The molecule has 0 saturated carbocycles. The first-order valence-electron chi connectivity index (χ1n) is 9.33. The van der Waals surface area contributed by atoms with Crippen LogP contribution in [0.4, 0.5) is 11.8 Å². The highest BCUT2D eigenvalue weighted by atomic mass is 32.1. The zero-order chi connectivity index (χ0) is 19.3. The molecule has 0 amide bonds. The van der Waals surface area contributed by atoms with Gasteiger partial charge < -0.3 is 29.7 Å². The summed E-state index contributed by atoms with van der Waals surface area (Å²) < 4.78 is 16.1. The van der Waals surface area contributed by atoms with Crippen molar-refractivity contribution in [1.29, 1.82) is 0 Å². The normalized spacial score (nSPS) is 15.2. The molecule has 0 bridgehead atoms. The first-order valence-corrected chi connectivity index (χ1v) is 9.73. The average molecular weight is 401 g/mol. The first kappa shape index (κ1) is 18.5. The van der Waals surface area contributed by atoms with E-state index in [2.05, 4.69) is 25.5 Å². The minimum Gasteiger partial charge on any atom is -0.481 e. The molecule has 2 N–H and O–H groups in total. The van der Waals surface area contributed by atoms with E-state index in [1.807, 2.05) is 24.3 Å². The summed E-state index contributed by atoms with van der Waals surface area (Å²) in [5, 5.41) is 6.66. The molecule has 1 saturated heterocycles. The second-order valence-electron chi connectivity index (χ2n) is 6.64. The fraction of sp³-hybridized carbons (Fsp3) is 0.421. The molecule has 148 valence electrons. The number of hydrogen-bond acceptors (Lipinski definition) is 7. The minimum absolute atomic E-state index is 0.263. The van der Waals surface area contributed by atoms with Crippen LogP contribution in [0.15, 0.2) is 24.3 Å². The Kier molecular flexibility index (Phi) is 5.61. The van der Waals surface area contributed by atoms with E-state index in [-0.39, 0.29) is 6.79 Å². The van der Waals surface area contributed by atoms with Crippen molar-refractivity contribution in [3.63, 3.8) is 0 Å². The number of rotatable bonds is 5. The number of benzene rings is 1. The standard InChI is InChI=1S/C19H23N5O3S/c1-25-17-10-16(24-7-3-2-4-8-24)21-18(22-17)23-19(28)20-11-13-5-6-14-15(9-13)27-12-26-14/h5-6,9-10H,2-4,7-8,11-12H2,1H3,(H2,20,21,22,23,28). The van der Waals surface area contributed by atoms with Gasteiger partial charge in [0.25, 0.3) is 0 Å². The van der Waals surface area contributed by atoms with Crippen LogP contribution in [0, 0.1) is 0 Å². The Hall–Kier alpha value is -2.81. The molecule has 2 aliphatic heterocycles. The molecule has 28 heavy (non-hydrogen) atoms. The zero-order valence-corrected chi connectivity index (χ0v) is 16.6. The summed E-state index contributed by atoms with van der Waals surface area (Å²) in [5.41, 5.74) is 1.04. The molecule has 1 fully saturated rings. The molecule has 1 aromatic heterocycles. The maximum Gasteiger partial charge on any atom is 0.234 e. The number of thiocarbonyl (C=S) groups is 1. The van der Waals surface area contributed by atoms with Crippen LogP contribution in [-0.4, -0.2) is 42.1 Å². The van der Waals surface area contributed by atoms with Crippen LogP contribution in [0.5, 0.6) is 17.4 Å². The topological polar surface area (TPSA) is 80.8 Å². The number of hydrogen-bond donors (Lipinski definition) is 2. The van der Waals surface area contributed by atoms with Gasteiger partial charge in [-0.25, -0.2) is 0 Å². The Morgan fingerprint density at radius 3 is 2.79 bits per heavy atom. The Bertz CT molecular complexity index is 857. The van der Waals surface area contributed by atoms with Crippen LogP contribution >= 0.6 is 12.2 Å². The van der Waals surface area contributed by atoms with Gasteiger partial charge in [0.05, 0.1) is 7.11 Å². The van der Waals surface area contributed by atoms with Gasteiger partial charge in [-0.15, -0.1) is 0 Å². The summed E-state index contributed by atoms with van der Waals surface area (Å²) in [6.45, 7) is 2.79. The molecule has 0 atom stereocenters. The molecule has 0 unspecified atom stereocenters. The van der Waals surface area contributed by atoms with E-state index in [1.54, 1.807) is 7.11 Å². The third-order valence-electron chi connectivity index (χ3n) is 4.69. The highest BCUT2D eigenvalue weighted by Gasteiger charge is 2.16. The zero-order valence-electron chi connectivity index (χ0n) is 15.7. The van der Waals surface area contributed by atoms with Crippen molar-refractivity contribution >= 4 is 29.1 Å². The van der Waals surface area contributed by atoms with Gasteiger partial charge in [0.15, 0.2) is 16.6 Å². The molecular weight excluding hydrogens is 378 g/mol. The van der Waals surface area contributed by atoms with Gasteiger partial charge in [-0.05, 0) is 49.2 Å². The predicted molar refractivity (Wildman–Crippen MR) is 110 cm³/mol. The fourth-order valence-electron chi connectivity index (χ4n) is 3.24. The van der Waals surface area contributed by atoms with Gasteiger partial charge in [0, 0.05) is 25.7 Å². The number of aromatic nitrogens is 2. The Labute approximate surface area is 169 Å². The predicted octanol–water partition coefficient (Wildman–Crippen LogP) is 2.69. The lowest BCUT2D eigenvalue weighted by Crippen LogP contribution is -2.31. The van der Waals surface area contributed by atoms with Crippen LogP contribution < -0.4 is 29.7 Å². The van der Waals surface area contributed by atoms with Gasteiger partial charge in [-0.1, -0.05) is 6.07 Å². The maximum absolute atomic E-state index is 5.40. The van der Waals surface area contributed by atoms with Crippen molar-refractivity contribution in [3.8, 4) is 17.4 Å². The number of anilines is 2. The summed E-state index contributed by atoms with van der Waals surface area (Å²) in [7, 11) is 1.60. The summed E-state index contributed by atoms with van der Waals surface area (Å²) in [4.78, 5) is 11.2. The van der Waals surface area contributed by atoms with Crippen molar-refractivity contribution in [2.45, 2.75) is 25.8 Å². The molecule has 9 heteroatoms. The highest BCUT2D eigenvalue weighted by Crippen LogP contribution is 2.32. The van der Waals surface area contributed by atoms with E-state index < -0.39 is 0 Å². The second-order valence-corrected chi connectivity index (χ2v) is 7.04. The van der Waals surface area contributed by atoms with Crippen molar-refractivity contribution in [3.05, 3.63) is 29.8 Å². The van der Waals surface area contributed by atoms with Crippen LogP contribution in [-0.2, 0) is 6.54 Å². The number of nitrogens with one attached hydrogen (secondary N) is 2. The van der Waals surface area contributed by atoms with E-state index in [0.717, 1.165) is 36.0 Å². The number of fused-ring (bicyclic) bond motifs is 1. The van der Waals surface area contributed by atoms with Crippen LogP contribution in [0.2, 0.25) is 0 Å². The summed E-state index contributed by atoms with van der Waals surface area (Å²) in [6, 6.07) is 7.67. The molecule has 2 aromatic rings. The molecule has 0 spiro atoms. The number of piperidine rings is 1. The lowest BCUT2D eigenvalue weighted by atomic mass is 10.1. The van der Waals surface area contributed by atoms with Gasteiger partial charge in [-0.2, -0.15) is 9.97 Å². The third kappa shape index (κ3) is 4.36. The van der Waals surface area contributed by atoms with E-state index in [9.17, 15) is 0 Å². The van der Waals surface area contributed by atoms with Crippen LogP contribution in [0.25, 0.3) is 0 Å². The van der Waals surface area contributed by atoms with E-state index in [4.69, 9.17) is 26.4 Å². The second kappa shape index (κ2) is 8.47. The van der Waals surface area contributed by atoms with Gasteiger partial charge >= 0.3 is 0 Å². The molecule has 1 aromatic carbocycles. The van der Waals surface area contributed by atoms with Crippen molar-refractivity contribution in [1.82, 2.24) is 15.3 Å². The van der Waals surface area contributed by atoms with Gasteiger partial charge in [-0.3, -0.25) is 0 Å². The summed E-state index contributed by atoms with van der Waals surface area (Å²) >= 11 is 5.40. The highest BCUT2D eigenvalue weighted by molar-refractivity contribution is 7.80. The Balaban J connectivity index is 1.39. The Morgan fingerprint density at radius 2 is 1.96 bits per heavy atom. The smallest absolute Gasteiger partial charge is 0.234 e. The monoisotopic (exact) mass is 401 g/mol. The SMILES string of the molecule is COc1cc(N2CCCCC2)nc(NC(=S)NCc2ccc3c(c2)OCO3)n1. The molecule has 2 aliphatic rings. The Morgan fingerprint density at radius 1 is 1.14 bits per heavy atom. The lowest BCUT2D eigenvalue weighted by Gasteiger charge is -2.28. The molecule has 0 aliphatic carbocycles. The molecular formula is C19H23N5O3S. The molecule has 4 rings (SSSR count). The number of methoxy groups -OCH3 is 1. The number of ether oxygens (including phenoxy) is 3. The van der Waals surface area contributed by atoms with Gasteiger partial charge in [0.1, 0.15) is 5.82 Å². The van der Waals surface area contributed by atoms with Gasteiger partial charge in [0.2, 0.25) is 18.6 Å². The van der Waals surface area contributed by atoms with E-state index in [0.29, 0.717) is 23.5 Å². The summed E-state index contributed by atoms with van der Waals surface area (Å²) in [6.07, 6.45) is 3.60. The van der Waals surface area contributed by atoms with Crippen LogP contribution in [0.3, 0.4) is 0 Å². The quantitative estimate of drug-likeness (QED) is 0.735. The van der Waals surface area contributed by atoms with Crippen molar-refractivity contribution < 1.29 is 14.2 Å². The average Bonchev–Trinajstić information content (AvgIpc) is 3.20. The van der Waals surface area contributed by atoms with Crippen LogP contribution in [0.1, 0.15) is 24.8 Å². The largest absolute Gasteiger partial charge is 0.481 e. The lowest BCUT2D eigenvalue weighted by molar-refractivity contribution is 0.174. The third-order valence-corrected chi connectivity index (χ3v) is 4.94. The van der Waals surface area contributed by atoms with E-state index in [1.165, 1.54) is 19.3 Å². The fourth-order valence-corrected chi connectivity index (χ4v) is 3.40. The summed E-state index contributed by atoms with van der Waals surface area (Å²) in [5.74, 6) is 3.30. The maximum atomic E-state index is 5.40. The van der Waals surface area contributed by atoms with Crippen molar-refractivity contribution in [2.24, 2.45) is 0 Å². The van der Waals surface area contributed by atoms with Crippen molar-refractivity contribution in [2.75, 3.05) is 37.2 Å². The first-order chi connectivity index (χ1) is 13.7. The minimum atomic E-state index is 0.263. The van der Waals surface area contributed by atoms with E-state index >= 15 is 0 Å². The number of nitrogens with zero attached hydrogens (tertiary/aromatic N) is 3. The molecule has 0 radical (unpaired) electrons.